The Morgan fingerprint density at radius 3 is 2.33 bits per heavy atom. The monoisotopic (exact) mass is 302 g/mol. The van der Waals surface area contributed by atoms with Crippen LogP contribution in [-0.2, 0) is 14.3 Å². The molecule has 3 amide bonds. The smallest absolute Gasteiger partial charge is 0.321 e. The molecule has 0 aromatic carbocycles. The summed E-state index contributed by atoms with van der Waals surface area (Å²) in [5.74, 6) is -1.14. The molecule has 0 aliphatic heterocycles. The van der Waals surface area contributed by atoms with Gasteiger partial charge in [-0.15, -0.1) is 0 Å². The zero-order chi connectivity index (χ0) is 16.5. The second kappa shape index (κ2) is 9.33. The minimum absolute atomic E-state index is 0.263. The third-order valence-corrected chi connectivity index (χ3v) is 2.81. The van der Waals surface area contributed by atoms with E-state index in [2.05, 4.69) is 24.5 Å². The van der Waals surface area contributed by atoms with Crippen LogP contribution in [0, 0.1) is 11.3 Å². The van der Waals surface area contributed by atoms with Gasteiger partial charge < -0.3 is 15.2 Å². The number of carboxylic acid groups (broad SMARTS) is 1. The van der Waals surface area contributed by atoms with E-state index in [0.29, 0.717) is 25.7 Å². The van der Waals surface area contributed by atoms with Crippen LogP contribution < -0.4 is 10.6 Å². The largest absolute Gasteiger partial charge is 0.481 e. The molecule has 0 unspecified atom stereocenters. The Morgan fingerprint density at radius 1 is 1.19 bits per heavy atom. The van der Waals surface area contributed by atoms with Crippen molar-refractivity contribution in [3.05, 3.63) is 0 Å². The molecule has 0 aromatic rings. The van der Waals surface area contributed by atoms with Crippen molar-refractivity contribution in [2.75, 3.05) is 19.8 Å². The molecule has 0 fully saturated rings. The number of nitrogens with one attached hydrogen (secondary N) is 2. The number of urea groups is 1. The Labute approximate surface area is 125 Å². The van der Waals surface area contributed by atoms with E-state index in [1.54, 1.807) is 0 Å². The van der Waals surface area contributed by atoms with Crippen LogP contribution in [-0.4, -0.2) is 42.8 Å². The maximum Gasteiger partial charge on any atom is 0.321 e. The number of rotatable bonds is 9. The van der Waals surface area contributed by atoms with E-state index in [1.165, 1.54) is 13.8 Å². The van der Waals surface area contributed by atoms with Gasteiger partial charge in [-0.25, -0.2) is 4.79 Å². The number of hydrogen-bond donors (Lipinski definition) is 3. The topological polar surface area (TPSA) is 105 Å². The maximum atomic E-state index is 11.5. The van der Waals surface area contributed by atoms with Crippen LogP contribution in [0.3, 0.4) is 0 Å². The number of hydrogen-bond acceptors (Lipinski definition) is 4. The first kappa shape index (κ1) is 19.4. The van der Waals surface area contributed by atoms with Gasteiger partial charge in [-0.05, 0) is 26.2 Å². The van der Waals surface area contributed by atoms with Crippen molar-refractivity contribution in [2.45, 2.75) is 40.5 Å². The van der Waals surface area contributed by atoms with Gasteiger partial charge in [-0.3, -0.25) is 14.9 Å². The molecule has 3 N–H and O–H groups in total. The molecular formula is C14H26N2O5. The molecule has 7 heteroatoms. The average Bonchev–Trinajstić information content (AvgIpc) is 2.31. The van der Waals surface area contributed by atoms with Gasteiger partial charge in [0.1, 0.15) is 0 Å². The molecule has 21 heavy (non-hydrogen) atoms. The second-order valence-electron chi connectivity index (χ2n) is 5.96. The van der Waals surface area contributed by atoms with Crippen molar-refractivity contribution >= 4 is 17.9 Å². The third-order valence-electron chi connectivity index (χ3n) is 2.81. The fourth-order valence-corrected chi connectivity index (χ4v) is 1.35. The minimum Gasteiger partial charge on any atom is -0.481 e. The van der Waals surface area contributed by atoms with Crippen LogP contribution in [0.4, 0.5) is 4.79 Å². The van der Waals surface area contributed by atoms with Crippen molar-refractivity contribution in [3.63, 3.8) is 0 Å². The van der Waals surface area contributed by atoms with Gasteiger partial charge >= 0.3 is 12.0 Å². The normalized spacial score (nSPS) is 11.3. The number of aliphatic carboxylic acids is 1. The number of imide groups is 1. The lowest BCUT2D eigenvalue weighted by Gasteiger charge is -2.17. The molecule has 7 nitrogen and oxygen atoms in total. The van der Waals surface area contributed by atoms with Crippen LogP contribution in [0.15, 0.2) is 0 Å². The van der Waals surface area contributed by atoms with Crippen molar-refractivity contribution < 1.29 is 24.2 Å². The first-order valence-electron chi connectivity index (χ1n) is 7.04. The summed E-state index contributed by atoms with van der Waals surface area (Å²) in [6.45, 7) is 8.34. The predicted octanol–water partition coefficient (Wildman–Crippen LogP) is 1.38. The molecule has 0 aliphatic rings. The van der Waals surface area contributed by atoms with E-state index in [-0.39, 0.29) is 6.42 Å². The van der Waals surface area contributed by atoms with Crippen LogP contribution in [0.1, 0.15) is 40.5 Å². The lowest BCUT2D eigenvalue weighted by molar-refractivity contribution is -0.149. The summed E-state index contributed by atoms with van der Waals surface area (Å²) in [5, 5.41) is 13.5. The fraction of sp³-hybridized carbons (Fsp3) is 0.786. The number of carbonyl (C=O) groups excluding carboxylic acids is 2. The highest BCUT2D eigenvalue weighted by Gasteiger charge is 2.30. The highest BCUT2D eigenvalue weighted by atomic mass is 16.5. The van der Waals surface area contributed by atoms with Crippen LogP contribution in [0.5, 0.6) is 0 Å². The molecule has 0 atom stereocenters. The Morgan fingerprint density at radius 2 is 1.81 bits per heavy atom. The zero-order valence-electron chi connectivity index (χ0n) is 13.2. The summed E-state index contributed by atoms with van der Waals surface area (Å²) < 4.78 is 5.31. The summed E-state index contributed by atoms with van der Waals surface area (Å²) in [6, 6.07) is -0.645. The van der Waals surface area contributed by atoms with Gasteiger partial charge in [0.2, 0.25) is 5.91 Å². The number of carbonyl (C=O) groups is 3. The second-order valence-corrected chi connectivity index (χ2v) is 5.96. The summed E-state index contributed by atoms with van der Waals surface area (Å²) in [7, 11) is 0. The minimum atomic E-state index is -1.20. The molecule has 0 aliphatic carbocycles. The molecule has 0 aromatic heterocycles. The predicted molar refractivity (Wildman–Crippen MR) is 77.8 cm³/mol. The molecule has 0 rings (SSSR count). The van der Waals surface area contributed by atoms with Gasteiger partial charge in [0.15, 0.2) is 0 Å². The summed E-state index contributed by atoms with van der Waals surface area (Å²) in [6.07, 6.45) is 0.690. The number of carboxylic acids is 1. The quantitative estimate of drug-likeness (QED) is 0.558. The lowest BCUT2D eigenvalue weighted by atomic mass is 9.89. The Kier molecular flexibility index (Phi) is 8.61. The lowest BCUT2D eigenvalue weighted by Crippen LogP contribution is -2.43. The Hall–Kier alpha value is -1.63. The van der Waals surface area contributed by atoms with E-state index in [0.717, 1.165) is 6.42 Å². The summed E-state index contributed by atoms with van der Waals surface area (Å²) in [5.41, 5.74) is -1.20. The molecule has 0 radical (unpaired) electrons. The average molecular weight is 302 g/mol. The van der Waals surface area contributed by atoms with E-state index in [1.807, 2.05) is 0 Å². The van der Waals surface area contributed by atoms with E-state index in [9.17, 15) is 14.4 Å². The highest BCUT2D eigenvalue weighted by molar-refractivity contribution is 5.96. The summed E-state index contributed by atoms with van der Waals surface area (Å²) >= 11 is 0. The molecule has 0 spiro atoms. The third kappa shape index (κ3) is 9.84. The summed E-state index contributed by atoms with van der Waals surface area (Å²) in [4.78, 5) is 33.8. The molecular weight excluding hydrogens is 276 g/mol. The van der Waals surface area contributed by atoms with Crippen molar-refractivity contribution in [3.8, 4) is 0 Å². The van der Waals surface area contributed by atoms with Gasteiger partial charge in [0.05, 0.1) is 12.0 Å². The van der Waals surface area contributed by atoms with Crippen LogP contribution in [0.2, 0.25) is 0 Å². The maximum absolute atomic E-state index is 11.5. The molecule has 0 saturated carbocycles. The van der Waals surface area contributed by atoms with Gasteiger partial charge in [0, 0.05) is 19.6 Å². The van der Waals surface area contributed by atoms with Crippen LogP contribution >= 0.6 is 0 Å². The van der Waals surface area contributed by atoms with Gasteiger partial charge in [0.25, 0.3) is 0 Å². The Balaban J connectivity index is 3.80. The first-order valence-corrected chi connectivity index (χ1v) is 7.04. The van der Waals surface area contributed by atoms with E-state index in [4.69, 9.17) is 9.84 Å². The van der Waals surface area contributed by atoms with Crippen molar-refractivity contribution in [1.82, 2.24) is 10.6 Å². The van der Waals surface area contributed by atoms with Crippen molar-refractivity contribution in [1.29, 1.82) is 0 Å². The van der Waals surface area contributed by atoms with E-state index < -0.39 is 23.3 Å². The van der Waals surface area contributed by atoms with E-state index >= 15 is 0 Å². The first-order chi connectivity index (χ1) is 9.65. The highest BCUT2D eigenvalue weighted by Crippen LogP contribution is 2.19. The van der Waals surface area contributed by atoms with Gasteiger partial charge in [-0.1, -0.05) is 13.8 Å². The Bertz CT molecular complexity index is 366. The SMILES string of the molecule is CC(C)CCOCCNC(=O)NC(=O)CC(C)(C)C(=O)O. The van der Waals surface area contributed by atoms with Gasteiger partial charge in [-0.2, -0.15) is 0 Å². The standard InChI is InChI=1S/C14H26N2O5/c1-10(2)5-7-21-8-6-15-13(20)16-11(17)9-14(3,4)12(18)19/h10H,5-9H2,1-4H3,(H,18,19)(H2,15,16,17,20). The molecule has 0 bridgehead atoms. The number of ether oxygens (including phenoxy) is 1. The van der Waals surface area contributed by atoms with Crippen molar-refractivity contribution in [2.24, 2.45) is 11.3 Å². The molecule has 0 saturated heterocycles. The molecule has 0 heterocycles. The fourth-order valence-electron chi connectivity index (χ4n) is 1.35. The molecule has 122 valence electrons. The van der Waals surface area contributed by atoms with Crippen LogP contribution in [0.25, 0.3) is 0 Å². The zero-order valence-corrected chi connectivity index (χ0v) is 13.2. The number of amides is 3.